The van der Waals surface area contributed by atoms with Crippen molar-refractivity contribution in [2.45, 2.75) is 46.6 Å². The van der Waals surface area contributed by atoms with Crippen LogP contribution in [0.25, 0.3) is 11.1 Å². The number of rotatable bonds is 5. The first-order chi connectivity index (χ1) is 10.4. The maximum absolute atomic E-state index is 9.17. The van der Waals surface area contributed by atoms with E-state index in [0.29, 0.717) is 6.61 Å². The Morgan fingerprint density at radius 2 is 2.05 bits per heavy atom. The monoisotopic (exact) mass is 302 g/mol. The summed E-state index contributed by atoms with van der Waals surface area (Å²) in [4.78, 5) is 0. The van der Waals surface area contributed by atoms with Gasteiger partial charge in [0, 0.05) is 17.2 Å². The van der Waals surface area contributed by atoms with Crippen molar-refractivity contribution in [3.8, 4) is 11.5 Å². The minimum atomic E-state index is -0.306. The molecule has 3 nitrogen and oxygen atoms in total. The fourth-order valence-corrected chi connectivity index (χ4v) is 2.83. The smallest absolute Gasteiger partial charge is 0.131 e. The minimum absolute atomic E-state index is 0.0223. The van der Waals surface area contributed by atoms with Gasteiger partial charge in [-0.2, -0.15) is 0 Å². The van der Waals surface area contributed by atoms with Gasteiger partial charge in [0.25, 0.3) is 0 Å². The zero-order chi connectivity index (χ0) is 16.3. The van der Waals surface area contributed by atoms with E-state index in [2.05, 4.69) is 32.9 Å². The standard InChI is InChI=1S/C19H26O3/c1-6-14-12-19(4,5)22-18-11-17(21-7-2)15(10-16(14)18)13(3)8-9-20/h8,10-12,20H,6-7,9H2,1-5H3. The molecule has 2 rings (SSSR count). The molecule has 0 aliphatic carbocycles. The van der Waals surface area contributed by atoms with Crippen LogP contribution in [0.1, 0.15) is 52.2 Å². The second-order valence-electron chi connectivity index (χ2n) is 6.08. The Bertz CT molecular complexity index is 609. The quantitative estimate of drug-likeness (QED) is 0.873. The third kappa shape index (κ3) is 3.36. The van der Waals surface area contributed by atoms with Gasteiger partial charge in [-0.15, -0.1) is 0 Å². The van der Waals surface area contributed by atoms with Crippen LogP contribution >= 0.6 is 0 Å². The highest BCUT2D eigenvalue weighted by atomic mass is 16.5. The van der Waals surface area contributed by atoms with Crippen LogP contribution in [0, 0.1) is 0 Å². The second-order valence-corrected chi connectivity index (χ2v) is 6.08. The van der Waals surface area contributed by atoms with E-state index in [4.69, 9.17) is 9.47 Å². The zero-order valence-corrected chi connectivity index (χ0v) is 14.2. The Labute approximate surface area is 133 Å². The normalized spacial score (nSPS) is 16.6. The molecule has 1 heterocycles. The van der Waals surface area contributed by atoms with Crippen LogP contribution in [-0.2, 0) is 0 Å². The molecule has 0 spiro atoms. The van der Waals surface area contributed by atoms with Gasteiger partial charge >= 0.3 is 0 Å². The predicted molar refractivity (Wildman–Crippen MR) is 91.3 cm³/mol. The molecule has 3 heteroatoms. The van der Waals surface area contributed by atoms with Crippen molar-refractivity contribution in [2.75, 3.05) is 13.2 Å². The lowest BCUT2D eigenvalue weighted by Gasteiger charge is -2.32. The van der Waals surface area contributed by atoms with Crippen molar-refractivity contribution in [2.24, 2.45) is 0 Å². The summed E-state index contributed by atoms with van der Waals surface area (Å²) >= 11 is 0. The van der Waals surface area contributed by atoms with Crippen LogP contribution in [0.15, 0.2) is 24.3 Å². The number of fused-ring (bicyclic) bond motifs is 1. The van der Waals surface area contributed by atoms with Gasteiger partial charge in [-0.05, 0) is 57.4 Å². The summed E-state index contributed by atoms with van der Waals surface area (Å²) in [7, 11) is 0. The molecule has 1 aromatic carbocycles. The highest BCUT2D eigenvalue weighted by Crippen LogP contribution is 2.42. The highest BCUT2D eigenvalue weighted by molar-refractivity contribution is 5.80. The Morgan fingerprint density at radius 1 is 1.32 bits per heavy atom. The lowest BCUT2D eigenvalue weighted by molar-refractivity contribution is 0.157. The number of aliphatic hydroxyl groups is 1. The van der Waals surface area contributed by atoms with E-state index < -0.39 is 0 Å². The summed E-state index contributed by atoms with van der Waals surface area (Å²) in [5.74, 6) is 1.67. The summed E-state index contributed by atoms with van der Waals surface area (Å²) in [6.07, 6.45) is 4.94. The Balaban J connectivity index is 2.61. The highest BCUT2D eigenvalue weighted by Gasteiger charge is 2.27. The number of ether oxygens (including phenoxy) is 2. The van der Waals surface area contributed by atoms with Gasteiger partial charge in [0.15, 0.2) is 0 Å². The lowest BCUT2D eigenvalue weighted by atomic mass is 9.90. The van der Waals surface area contributed by atoms with Gasteiger partial charge in [0.2, 0.25) is 0 Å². The van der Waals surface area contributed by atoms with Crippen LogP contribution in [0.4, 0.5) is 0 Å². The first-order valence-corrected chi connectivity index (χ1v) is 7.91. The summed E-state index contributed by atoms with van der Waals surface area (Å²) in [5.41, 5.74) is 4.11. The van der Waals surface area contributed by atoms with E-state index in [0.717, 1.165) is 34.6 Å². The first kappa shape index (κ1) is 16.6. The van der Waals surface area contributed by atoms with Gasteiger partial charge in [-0.1, -0.05) is 13.0 Å². The molecule has 1 aliphatic heterocycles. The van der Waals surface area contributed by atoms with Crippen molar-refractivity contribution in [1.29, 1.82) is 0 Å². The molecular formula is C19H26O3. The number of benzene rings is 1. The van der Waals surface area contributed by atoms with E-state index >= 15 is 0 Å². The van der Waals surface area contributed by atoms with Crippen molar-refractivity contribution in [3.05, 3.63) is 35.4 Å². The van der Waals surface area contributed by atoms with E-state index in [1.54, 1.807) is 6.08 Å². The van der Waals surface area contributed by atoms with Gasteiger partial charge < -0.3 is 14.6 Å². The van der Waals surface area contributed by atoms with Crippen LogP contribution in [-0.4, -0.2) is 23.9 Å². The average molecular weight is 302 g/mol. The molecular weight excluding hydrogens is 276 g/mol. The topological polar surface area (TPSA) is 38.7 Å². The molecule has 120 valence electrons. The van der Waals surface area contributed by atoms with Gasteiger partial charge in [0.1, 0.15) is 17.1 Å². The van der Waals surface area contributed by atoms with Crippen LogP contribution in [0.5, 0.6) is 11.5 Å². The van der Waals surface area contributed by atoms with Crippen LogP contribution in [0.2, 0.25) is 0 Å². The largest absolute Gasteiger partial charge is 0.493 e. The molecule has 0 unspecified atom stereocenters. The summed E-state index contributed by atoms with van der Waals surface area (Å²) in [5, 5.41) is 9.17. The fourth-order valence-electron chi connectivity index (χ4n) is 2.83. The van der Waals surface area contributed by atoms with Gasteiger partial charge in [-0.25, -0.2) is 0 Å². The average Bonchev–Trinajstić information content (AvgIpc) is 2.45. The van der Waals surface area contributed by atoms with Crippen LogP contribution in [0.3, 0.4) is 0 Å². The predicted octanol–water partition coefficient (Wildman–Crippen LogP) is 4.45. The third-order valence-electron chi connectivity index (χ3n) is 3.83. The zero-order valence-electron chi connectivity index (χ0n) is 14.2. The molecule has 0 aromatic heterocycles. The summed E-state index contributed by atoms with van der Waals surface area (Å²) in [6, 6.07) is 4.10. The Morgan fingerprint density at radius 3 is 2.64 bits per heavy atom. The van der Waals surface area contributed by atoms with Crippen LogP contribution < -0.4 is 9.47 Å². The maximum Gasteiger partial charge on any atom is 0.131 e. The maximum atomic E-state index is 9.17. The number of hydrogen-bond donors (Lipinski definition) is 1. The van der Waals surface area contributed by atoms with Crippen molar-refractivity contribution in [3.63, 3.8) is 0 Å². The summed E-state index contributed by atoms with van der Waals surface area (Å²) < 4.78 is 11.9. The van der Waals surface area contributed by atoms with Gasteiger partial charge in [-0.3, -0.25) is 0 Å². The second kappa shape index (κ2) is 6.57. The molecule has 0 amide bonds. The molecule has 0 radical (unpaired) electrons. The molecule has 0 saturated heterocycles. The SMILES string of the molecule is CCOc1cc2c(cc1C(C)=CCO)C(CC)=CC(C)(C)O2. The fraction of sp³-hybridized carbons (Fsp3) is 0.474. The third-order valence-corrected chi connectivity index (χ3v) is 3.83. The number of hydrogen-bond acceptors (Lipinski definition) is 3. The van der Waals surface area contributed by atoms with E-state index in [9.17, 15) is 5.11 Å². The molecule has 1 N–H and O–H groups in total. The molecule has 1 aliphatic rings. The molecule has 0 atom stereocenters. The minimum Gasteiger partial charge on any atom is -0.493 e. The van der Waals surface area contributed by atoms with Crippen molar-refractivity contribution in [1.82, 2.24) is 0 Å². The number of aliphatic hydroxyl groups excluding tert-OH is 1. The Hall–Kier alpha value is -1.74. The van der Waals surface area contributed by atoms with E-state index in [-0.39, 0.29) is 12.2 Å². The van der Waals surface area contributed by atoms with Crippen molar-refractivity contribution >= 4 is 11.1 Å². The molecule has 0 fully saturated rings. The number of allylic oxidation sites excluding steroid dienone is 2. The molecule has 0 saturated carbocycles. The molecule has 0 bridgehead atoms. The lowest BCUT2D eigenvalue weighted by Crippen LogP contribution is -2.29. The Kier molecular flexibility index (Phi) is 4.97. The van der Waals surface area contributed by atoms with Crippen molar-refractivity contribution < 1.29 is 14.6 Å². The summed E-state index contributed by atoms with van der Waals surface area (Å²) in [6.45, 7) is 10.9. The van der Waals surface area contributed by atoms with E-state index in [1.807, 2.05) is 19.9 Å². The van der Waals surface area contributed by atoms with E-state index in [1.165, 1.54) is 5.57 Å². The van der Waals surface area contributed by atoms with Gasteiger partial charge in [0.05, 0.1) is 13.2 Å². The first-order valence-electron chi connectivity index (χ1n) is 7.91. The molecule has 22 heavy (non-hydrogen) atoms. The molecule has 1 aromatic rings.